The minimum Gasteiger partial charge on any atom is -0.397 e. The van der Waals surface area contributed by atoms with Gasteiger partial charge in [0.25, 0.3) is 5.56 Å². The van der Waals surface area contributed by atoms with Crippen molar-refractivity contribution in [1.82, 2.24) is 4.57 Å². The first kappa shape index (κ1) is 13.9. The van der Waals surface area contributed by atoms with Gasteiger partial charge in [-0.2, -0.15) is 0 Å². The van der Waals surface area contributed by atoms with E-state index in [4.69, 9.17) is 5.73 Å². The summed E-state index contributed by atoms with van der Waals surface area (Å²) in [7, 11) is 0. The van der Waals surface area contributed by atoms with Crippen molar-refractivity contribution in [2.75, 3.05) is 11.1 Å². The van der Waals surface area contributed by atoms with Gasteiger partial charge in [0.2, 0.25) is 5.91 Å². The molecule has 0 atom stereocenters. The monoisotopic (exact) mass is 271 g/mol. The van der Waals surface area contributed by atoms with E-state index < -0.39 is 0 Å². The number of hydrogen-bond acceptors (Lipinski definition) is 3. The molecule has 0 aliphatic heterocycles. The molecule has 2 aromatic rings. The predicted molar refractivity (Wildman–Crippen MR) is 79.5 cm³/mol. The summed E-state index contributed by atoms with van der Waals surface area (Å²) in [5.41, 5.74) is 7.61. The van der Waals surface area contributed by atoms with Crippen LogP contribution in [0.25, 0.3) is 0 Å². The van der Waals surface area contributed by atoms with E-state index in [0.717, 1.165) is 5.69 Å². The third-order valence-electron chi connectivity index (χ3n) is 3.07. The van der Waals surface area contributed by atoms with Crippen molar-refractivity contribution < 1.29 is 4.79 Å². The predicted octanol–water partition coefficient (Wildman–Crippen LogP) is 1.77. The topological polar surface area (TPSA) is 77.1 Å². The van der Waals surface area contributed by atoms with E-state index >= 15 is 0 Å². The summed E-state index contributed by atoms with van der Waals surface area (Å²) in [6.45, 7) is 2.19. The zero-order valence-electron chi connectivity index (χ0n) is 11.3. The highest BCUT2D eigenvalue weighted by molar-refractivity contribution is 5.93. The number of aryl methyl sites for hydroxylation is 1. The van der Waals surface area contributed by atoms with Crippen LogP contribution in [0.2, 0.25) is 0 Å². The second kappa shape index (κ2) is 6.06. The molecule has 104 valence electrons. The summed E-state index contributed by atoms with van der Waals surface area (Å²) in [4.78, 5) is 23.6. The van der Waals surface area contributed by atoms with Gasteiger partial charge in [-0.1, -0.05) is 18.2 Å². The van der Waals surface area contributed by atoms with Gasteiger partial charge in [0.15, 0.2) is 0 Å². The zero-order chi connectivity index (χ0) is 14.5. The average molecular weight is 271 g/mol. The van der Waals surface area contributed by atoms with Gasteiger partial charge < -0.3 is 15.6 Å². The molecule has 0 radical (unpaired) electrons. The number of carbonyl (C=O) groups is 1. The molecule has 20 heavy (non-hydrogen) atoms. The number of rotatable bonds is 4. The molecule has 0 fully saturated rings. The maximum Gasteiger partial charge on any atom is 0.250 e. The van der Waals surface area contributed by atoms with Crippen LogP contribution in [-0.4, -0.2) is 10.5 Å². The molecule has 5 heteroatoms. The highest BCUT2D eigenvalue weighted by Crippen LogP contribution is 2.16. The normalized spacial score (nSPS) is 10.2. The SMILES string of the molecule is Cc1cccc(=O)n1CCC(=O)Nc1ccccc1N. The van der Waals surface area contributed by atoms with Crippen molar-refractivity contribution in [3.05, 3.63) is 58.5 Å². The van der Waals surface area contributed by atoms with Crippen LogP contribution in [0, 0.1) is 6.92 Å². The lowest BCUT2D eigenvalue weighted by Crippen LogP contribution is -2.24. The van der Waals surface area contributed by atoms with E-state index in [2.05, 4.69) is 5.32 Å². The fourth-order valence-corrected chi connectivity index (χ4v) is 1.95. The van der Waals surface area contributed by atoms with E-state index in [1.165, 1.54) is 6.07 Å². The van der Waals surface area contributed by atoms with Gasteiger partial charge in [0.05, 0.1) is 11.4 Å². The van der Waals surface area contributed by atoms with Gasteiger partial charge >= 0.3 is 0 Å². The van der Waals surface area contributed by atoms with Gasteiger partial charge in [0.1, 0.15) is 0 Å². The van der Waals surface area contributed by atoms with Gasteiger partial charge in [0, 0.05) is 24.7 Å². The number of nitrogens with two attached hydrogens (primary N) is 1. The van der Waals surface area contributed by atoms with Crippen LogP contribution in [0.5, 0.6) is 0 Å². The minimum absolute atomic E-state index is 0.1000. The Labute approximate surface area is 117 Å². The van der Waals surface area contributed by atoms with Crippen LogP contribution >= 0.6 is 0 Å². The Morgan fingerprint density at radius 1 is 1.20 bits per heavy atom. The third-order valence-corrected chi connectivity index (χ3v) is 3.07. The Bertz CT molecular complexity index is 677. The number of aromatic nitrogens is 1. The molecule has 2 rings (SSSR count). The third kappa shape index (κ3) is 3.26. The molecule has 3 N–H and O–H groups in total. The van der Waals surface area contributed by atoms with Crippen molar-refractivity contribution >= 4 is 17.3 Å². The Kier molecular flexibility index (Phi) is 4.20. The molecule has 1 aromatic heterocycles. The smallest absolute Gasteiger partial charge is 0.250 e. The van der Waals surface area contributed by atoms with Crippen molar-refractivity contribution in [2.24, 2.45) is 0 Å². The molecule has 0 saturated carbocycles. The van der Waals surface area contributed by atoms with Crippen molar-refractivity contribution in [1.29, 1.82) is 0 Å². The van der Waals surface area contributed by atoms with Crippen LogP contribution in [0.15, 0.2) is 47.3 Å². The number of pyridine rings is 1. The number of anilines is 2. The average Bonchev–Trinajstić information content (AvgIpc) is 2.41. The lowest BCUT2D eigenvalue weighted by molar-refractivity contribution is -0.116. The summed E-state index contributed by atoms with van der Waals surface area (Å²) >= 11 is 0. The van der Waals surface area contributed by atoms with Crippen LogP contribution in [-0.2, 0) is 11.3 Å². The Balaban J connectivity index is 2.00. The van der Waals surface area contributed by atoms with Crippen molar-refractivity contribution in [3.63, 3.8) is 0 Å². The number of para-hydroxylation sites is 2. The van der Waals surface area contributed by atoms with Crippen LogP contribution in [0.1, 0.15) is 12.1 Å². The fraction of sp³-hybridized carbons (Fsp3) is 0.200. The minimum atomic E-state index is -0.168. The second-order valence-corrected chi connectivity index (χ2v) is 4.54. The molecule has 0 aliphatic rings. The number of nitrogens with zero attached hydrogens (tertiary/aromatic N) is 1. The zero-order valence-corrected chi connectivity index (χ0v) is 11.3. The van der Waals surface area contributed by atoms with Crippen LogP contribution in [0.3, 0.4) is 0 Å². The molecule has 1 heterocycles. The fourth-order valence-electron chi connectivity index (χ4n) is 1.95. The first-order chi connectivity index (χ1) is 9.58. The summed E-state index contributed by atoms with van der Waals surface area (Å²) < 4.78 is 1.58. The standard InChI is InChI=1S/C15H17N3O2/c1-11-5-4-8-15(20)18(11)10-9-14(19)17-13-7-3-2-6-12(13)16/h2-8H,9-10,16H2,1H3,(H,17,19). The molecule has 0 saturated heterocycles. The highest BCUT2D eigenvalue weighted by atomic mass is 16.1. The molecule has 0 aliphatic carbocycles. The molecule has 0 unspecified atom stereocenters. The van der Waals surface area contributed by atoms with Gasteiger partial charge in [-0.3, -0.25) is 9.59 Å². The summed E-state index contributed by atoms with van der Waals surface area (Å²) in [6.07, 6.45) is 0.221. The van der Waals surface area contributed by atoms with E-state index in [-0.39, 0.29) is 17.9 Å². The van der Waals surface area contributed by atoms with Gasteiger partial charge in [-0.15, -0.1) is 0 Å². The van der Waals surface area contributed by atoms with E-state index in [1.807, 2.05) is 13.0 Å². The van der Waals surface area contributed by atoms with Crippen molar-refractivity contribution in [3.8, 4) is 0 Å². The Morgan fingerprint density at radius 3 is 2.65 bits per heavy atom. The Hall–Kier alpha value is -2.56. The molecular formula is C15H17N3O2. The first-order valence-electron chi connectivity index (χ1n) is 6.39. The Morgan fingerprint density at radius 2 is 1.95 bits per heavy atom. The van der Waals surface area contributed by atoms with E-state index in [9.17, 15) is 9.59 Å². The van der Waals surface area contributed by atoms with Crippen molar-refractivity contribution in [2.45, 2.75) is 19.9 Å². The number of hydrogen-bond donors (Lipinski definition) is 2. The number of benzene rings is 1. The van der Waals surface area contributed by atoms with E-state index in [0.29, 0.717) is 17.9 Å². The molecule has 1 aromatic carbocycles. The summed E-state index contributed by atoms with van der Waals surface area (Å²) in [6, 6.07) is 12.1. The number of nitrogens with one attached hydrogen (secondary N) is 1. The quantitative estimate of drug-likeness (QED) is 0.832. The summed E-state index contributed by atoms with van der Waals surface area (Å²) in [5.74, 6) is -0.168. The number of amides is 1. The molecule has 0 spiro atoms. The highest BCUT2D eigenvalue weighted by Gasteiger charge is 2.06. The van der Waals surface area contributed by atoms with Gasteiger partial charge in [-0.05, 0) is 25.1 Å². The van der Waals surface area contributed by atoms with Gasteiger partial charge in [-0.25, -0.2) is 0 Å². The maximum absolute atomic E-state index is 11.9. The maximum atomic E-state index is 11.9. The molecule has 5 nitrogen and oxygen atoms in total. The summed E-state index contributed by atoms with van der Waals surface area (Å²) in [5, 5.41) is 2.74. The first-order valence-corrected chi connectivity index (χ1v) is 6.39. The van der Waals surface area contributed by atoms with Crippen LogP contribution in [0.4, 0.5) is 11.4 Å². The van der Waals surface area contributed by atoms with Crippen LogP contribution < -0.4 is 16.6 Å². The number of carbonyl (C=O) groups excluding carboxylic acids is 1. The largest absolute Gasteiger partial charge is 0.397 e. The second-order valence-electron chi connectivity index (χ2n) is 4.54. The molecule has 1 amide bonds. The lowest BCUT2D eigenvalue weighted by Gasteiger charge is -2.10. The molecular weight excluding hydrogens is 254 g/mol. The lowest BCUT2D eigenvalue weighted by atomic mass is 10.2. The molecule has 0 bridgehead atoms. The number of nitrogen functional groups attached to an aromatic ring is 1. The van der Waals surface area contributed by atoms with E-state index in [1.54, 1.807) is 34.9 Å².